The Kier molecular flexibility index (Phi) is 24.4. The molecule has 0 spiro atoms. The Hall–Kier alpha value is -1.26. The van der Waals surface area contributed by atoms with E-state index in [0.717, 1.165) is 57.3 Å². The van der Waals surface area contributed by atoms with Gasteiger partial charge in [-0.1, -0.05) is 213 Å². The van der Waals surface area contributed by atoms with Crippen LogP contribution in [0.3, 0.4) is 0 Å². The van der Waals surface area contributed by atoms with E-state index in [2.05, 4.69) is 82.1 Å². The van der Waals surface area contributed by atoms with E-state index in [1.807, 2.05) is 0 Å². The quantitative estimate of drug-likeness (QED) is 0.0462. The highest BCUT2D eigenvalue weighted by atomic mass is 79.9. The van der Waals surface area contributed by atoms with Crippen LogP contribution in [0.1, 0.15) is 194 Å². The van der Waals surface area contributed by atoms with Gasteiger partial charge in [-0.05, 0) is 60.0 Å². The summed E-state index contributed by atoms with van der Waals surface area (Å²) >= 11 is 7.44. The third-order valence-corrected chi connectivity index (χ3v) is 11.4. The Bertz CT molecular complexity index is 1190. The van der Waals surface area contributed by atoms with Gasteiger partial charge >= 0.3 is 0 Å². The number of rotatable bonds is 32. The van der Waals surface area contributed by atoms with Gasteiger partial charge in [0, 0.05) is 19.7 Å². The van der Waals surface area contributed by atoms with Gasteiger partial charge in [-0.2, -0.15) is 0 Å². The fraction of sp³-hybridized carbons (Fsp3) is 0.696. The van der Waals surface area contributed by atoms with Gasteiger partial charge in [-0.15, -0.1) is 0 Å². The highest BCUT2D eigenvalue weighted by Crippen LogP contribution is 2.45. The van der Waals surface area contributed by atoms with E-state index < -0.39 is 0 Å². The first-order valence-electron chi connectivity index (χ1n) is 21.3. The van der Waals surface area contributed by atoms with E-state index in [1.165, 1.54) is 178 Å². The van der Waals surface area contributed by atoms with Crippen molar-refractivity contribution < 1.29 is 9.47 Å². The molecule has 0 saturated carbocycles. The second kappa shape index (κ2) is 28.3. The number of hydrogen-bond donors (Lipinski definition) is 0. The smallest absolute Gasteiger partial charge is 0.169 e. The van der Waals surface area contributed by atoms with E-state index in [0.29, 0.717) is 0 Å². The molecule has 282 valence electrons. The van der Waals surface area contributed by atoms with Crippen molar-refractivity contribution in [2.45, 2.75) is 194 Å². The molecule has 0 heterocycles. The van der Waals surface area contributed by atoms with Crippen LogP contribution < -0.4 is 9.47 Å². The van der Waals surface area contributed by atoms with Gasteiger partial charge in [0.1, 0.15) is 0 Å². The number of unbranched alkanes of at least 4 members (excludes halogenated alkanes) is 26. The zero-order chi connectivity index (χ0) is 35.5. The summed E-state index contributed by atoms with van der Waals surface area (Å²) in [6, 6.07) is 13.1. The molecule has 0 N–H and O–H groups in total. The molecule has 50 heavy (non-hydrogen) atoms. The number of hydrogen-bond acceptors (Lipinski definition) is 2. The van der Waals surface area contributed by atoms with Crippen LogP contribution in [0.25, 0.3) is 21.5 Å². The lowest BCUT2D eigenvalue weighted by Gasteiger charge is -2.19. The molecule has 0 aliphatic rings. The van der Waals surface area contributed by atoms with Crippen molar-refractivity contribution in [3.05, 3.63) is 45.3 Å². The van der Waals surface area contributed by atoms with Crippen molar-refractivity contribution in [2.24, 2.45) is 0 Å². The highest BCUT2D eigenvalue weighted by Gasteiger charge is 2.18. The van der Waals surface area contributed by atoms with Gasteiger partial charge < -0.3 is 9.47 Å². The third kappa shape index (κ3) is 17.5. The Balaban J connectivity index is 1.42. The average molecular weight is 817 g/mol. The SMILES string of the molecule is CCCCCCCCCCCCCCCCOc1c(OCCCCCCCCCCCCCCCC)c2ccc(Br)cc2c2cc(Br)ccc12. The first kappa shape index (κ1) is 43.1. The molecule has 0 unspecified atom stereocenters. The lowest BCUT2D eigenvalue weighted by atomic mass is 10.00. The second-order valence-corrected chi connectivity index (χ2v) is 16.8. The van der Waals surface area contributed by atoms with Crippen LogP contribution >= 0.6 is 31.9 Å². The molecule has 3 aromatic carbocycles. The summed E-state index contributed by atoms with van der Waals surface area (Å²) in [5.41, 5.74) is 0. The predicted molar refractivity (Wildman–Crippen MR) is 228 cm³/mol. The van der Waals surface area contributed by atoms with E-state index >= 15 is 0 Å². The summed E-state index contributed by atoms with van der Waals surface area (Å²) < 4.78 is 15.5. The topological polar surface area (TPSA) is 18.5 Å². The maximum absolute atomic E-state index is 6.66. The van der Waals surface area contributed by atoms with Crippen molar-refractivity contribution in [2.75, 3.05) is 13.2 Å². The summed E-state index contributed by atoms with van der Waals surface area (Å²) in [5.74, 6) is 1.84. The van der Waals surface area contributed by atoms with Crippen LogP contribution in [0, 0.1) is 0 Å². The van der Waals surface area contributed by atoms with E-state index in [9.17, 15) is 0 Å². The summed E-state index contributed by atoms with van der Waals surface area (Å²) in [7, 11) is 0. The standard InChI is InChI=1S/C46H72Br2O2/c1-3-5-7-9-11-13-15-17-19-21-23-25-27-29-35-49-45-41-33-31-39(47)37-43(41)44-38-40(48)32-34-42(44)46(45)50-36-30-28-26-24-22-20-18-16-14-12-10-8-6-4-2/h31-34,37-38H,3-30,35-36H2,1-2H3. The molecule has 0 radical (unpaired) electrons. The van der Waals surface area contributed by atoms with Crippen molar-refractivity contribution in [1.29, 1.82) is 0 Å². The van der Waals surface area contributed by atoms with Crippen LogP contribution in [0.5, 0.6) is 11.5 Å². The molecule has 0 aromatic heterocycles. The predicted octanol–water partition coefficient (Wildman–Crippen LogP) is 17.2. The third-order valence-electron chi connectivity index (χ3n) is 10.4. The molecular formula is C46H72Br2O2. The van der Waals surface area contributed by atoms with Gasteiger partial charge in [0.05, 0.1) is 13.2 Å². The molecule has 0 aliphatic carbocycles. The van der Waals surface area contributed by atoms with Gasteiger partial charge in [0.25, 0.3) is 0 Å². The first-order valence-corrected chi connectivity index (χ1v) is 22.8. The lowest BCUT2D eigenvalue weighted by Crippen LogP contribution is -2.04. The monoisotopic (exact) mass is 814 g/mol. The largest absolute Gasteiger partial charge is 0.489 e. The molecular weight excluding hydrogens is 744 g/mol. The number of ether oxygens (including phenoxy) is 2. The fourth-order valence-corrected chi connectivity index (χ4v) is 8.07. The van der Waals surface area contributed by atoms with E-state index in [1.54, 1.807) is 0 Å². The first-order chi connectivity index (χ1) is 24.7. The van der Waals surface area contributed by atoms with Crippen molar-refractivity contribution in [3.63, 3.8) is 0 Å². The Morgan fingerprint density at radius 3 is 0.880 bits per heavy atom. The lowest BCUT2D eigenvalue weighted by molar-refractivity contribution is 0.263. The summed E-state index contributed by atoms with van der Waals surface area (Å²) in [4.78, 5) is 0. The van der Waals surface area contributed by atoms with Gasteiger partial charge in [0.15, 0.2) is 11.5 Å². The molecule has 0 amide bonds. The zero-order valence-electron chi connectivity index (χ0n) is 32.2. The number of fused-ring (bicyclic) bond motifs is 3. The van der Waals surface area contributed by atoms with Gasteiger partial charge in [0.2, 0.25) is 0 Å². The van der Waals surface area contributed by atoms with Crippen LogP contribution in [-0.2, 0) is 0 Å². The Morgan fingerprint density at radius 1 is 0.340 bits per heavy atom. The minimum absolute atomic E-state index is 0.737. The fourth-order valence-electron chi connectivity index (χ4n) is 7.35. The van der Waals surface area contributed by atoms with E-state index in [4.69, 9.17) is 9.47 Å². The molecule has 0 saturated heterocycles. The molecule has 0 atom stereocenters. The zero-order valence-corrected chi connectivity index (χ0v) is 35.4. The number of benzene rings is 3. The maximum Gasteiger partial charge on any atom is 0.169 e. The minimum atomic E-state index is 0.737. The maximum atomic E-state index is 6.66. The Labute approximate surface area is 324 Å². The molecule has 4 heteroatoms. The van der Waals surface area contributed by atoms with Crippen molar-refractivity contribution >= 4 is 53.4 Å². The van der Waals surface area contributed by atoms with Crippen LogP contribution in [0.4, 0.5) is 0 Å². The highest BCUT2D eigenvalue weighted by molar-refractivity contribution is 9.10. The number of halogens is 2. The molecule has 0 bridgehead atoms. The molecule has 3 rings (SSSR count). The molecule has 0 aliphatic heterocycles. The summed E-state index contributed by atoms with van der Waals surface area (Å²) in [6.07, 6.45) is 38.2. The minimum Gasteiger partial charge on any atom is -0.489 e. The summed E-state index contributed by atoms with van der Waals surface area (Å²) in [5, 5.41) is 4.69. The van der Waals surface area contributed by atoms with Gasteiger partial charge in [-0.3, -0.25) is 0 Å². The van der Waals surface area contributed by atoms with Crippen LogP contribution in [0.2, 0.25) is 0 Å². The summed E-state index contributed by atoms with van der Waals surface area (Å²) in [6.45, 7) is 6.07. The Morgan fingerprint density at radius 2 is 0.600 bits per heavy atom. The van der Waals surface area contributed by atoms with Crippen molar-refractivity contribution in [1.82, 2.24) is 0 Å². The molecule has 2 nitrogen and oxygen atoms in total. The van der Waals surface area contributed by atoms with Crippen LogP contribution in [0.15, 0.2) is 45.3 Å². The average Bonchev–Trinajstić information content (AvgIpc) is 3.12. The normalized spacial score (nSPS) is 11.6. The van der Waals surface area contributed by atoms with Crippen LogP contribution in [-0.4, -0.2) is 13.2 Å². The van der Waals surface area contributed by atoms with E-state index in [-0.39, 0.29) is 0 Å². The van der Waals surface area contributed by atoms with Gasteiger partial charge in [-0.25, -0.2) is 0 Å². The van der Waals surface area contributed by atoms with Crippen molar-refractivity contribution in [3.8, 4) is 11.5 Å². The molecule has 0 fully saturated rings. The molecule has 3 aromatic rings. The second-order valence-electron chi connectivity index (χ2n) is 14.9.